The Morgan fingerprint density at radius 3 is 2.10 bits per heavy atom. The van der Waals surface area contributed by atoms with Gasteiger partial charge in [-0.2, -0.15) is 13.2 Å². The highest BCUT2D eigenvalue weighted by molar-refractivity contribution is 5.87. The van der Waals surface area contributed by atoms with E-state index in [0.717, 1.165) is 0 Å². The molecular formula is C13H13F3O4. The van der Waals surface area contributed by atoms with Gasteiger partial charge in [0.2, 0.25) is 0 Å². The average Bonchev–Trinajstić information content (AvgIpc) is 2.28. The van der Waals surface area contributed by atoms with Crippen LogP contribution in [0.15, 0.2) is 35.8 Å². The molecule has 20 heavy (non-hydrogen) atoms. The van der Waals surface area contributed by atoms with Crippen LogP contribution in [0.25, 0.3) is 0 Å². The van der Waals surface area contributed by atoms with E-state index in [9.17, 15) is 22.8 Å². The van der Waals surface area contributed by atoms with Gasteiger partial charge >= 0.3 is 18.1 Å². The van der Waals surface area contributed by atoms with Crippen LogP contribution in [0.4, 0.5) is 13.2 Å². The molecule has 0 bridgehead atoms. The molecule has 0 saturated heterocycles. The number of hydrogen-bond acceptors (Lipinski definition) is 4. The summed E-state index contributed by atoms with van der Waals surface area (Å²) in [6, 6.07) is 0. The van der Waals surface area contributed by atoms with Gasteiger partial charge in [-0.15, -0.1) is 0 Å². The number of carbonyl (C=O) groups excluding carboxylic acids is 2. The number of alkyl halides is 3. The largest absolute Gasteiger partial charge is 0.431 e. The van der Waals surface area contributed by atoms with Crippen molar-refractivity contribution in [2.75, 3.05) is 0 Å². The topological polar surface area (TPSA) is 52.6 Å². The molecule has 0 N–H and O–H groups in total. The third-order valence-electron chi connectivity index (χ3n) is 2.23. The summed E-state index contributed by atoms with van der Waals surface area (Å²) >= 11 is 0. The van der Waals surface area contributed by atoms with Crippen molar-refractivity contribution >= 4 is 11.9 Å². The second-order valence-corrected chi connectivity index (χ2v) is 4.20. The third kappa shape index (κ3) is 5.73. The van der Waals surface area contributed by atoms with Crippen molar-refractivity contribution in [1.29, 1.82) is 0 Å². The highest BCUT2D eigenvalue weighted by atomic mass is 19.4. The monoisotopic (exact) mass is 290 g/mol. The van der Waals surface area contributed by atoms with Gasteiger partial charge in [0.25, 0.3) is 0 Å². The molecule has 1 aliphatic carbocycles. The average molecular weight is 290 g/mol. The van der Waals surface area contributed by atoms with Gasteiger partial charge in [0.1, 0.15) is 17.9 Å². The summed E-state index contributed by atoms with van der Waals surface area (Å²) in [7, 11) is 0. The fraction of sp³-hybridized carbons (Fsp3) is 0.385. The van der Waals surface area contributed by atoms with E-state index < -0.39 is 24.5 Å². The first kappa shape index (κ1) is 16.0. The Balaban J connectivity index is 2.54. The molecule has 7 heteroatoms. The van der Waals surface area contributed by atoms with Gasteiger partial charge in [-0.25, -0.2) is 4.79 Å². The SMILES string of the molecule is C=C(C)C(=O)OC1=CC=C(OC(=O)CC(F)(F)F)CC1. The first-order chi connectivity index (χ1) is 9.17. The molecule has 1 aliphatic rings. The Morgan fingerprint density at radius 2 is 1.70 bits per heavy atom. The molecule has 4 nitrogen and oxygen atoms in total. The molecule has 0 aromatic rings. The molecule has 0 heterocycles. The normalized spacial score (nSPS) is 15.0. The fourth-order valence-electron chi connectivity index (χ4n) is 1.32. The maximum atomic E-state index is 11.9. The van der Waals surface area contributed by atoms with E-state index in [1.165, 1.54) is 19.1 Å². The van der Waals surface area contributed by atoms with Gasteiger partial charge in [0.15, 0.2) is 0 Å². The predicted octanol–water partition coefficient (Wildman–Crippen LogP) is 3.16. The summed E-state index contributed by atoms with van der Waals surface area (Å²) in [6.45, 7) is 4.91. The molecule has 0 saturated carbocycles. The quantitative estimate of drug-likeness (QED) is 0.589. The second-order valence-electron chi connectivity index (χ2n) is 4.20. The first-order valence-corrected chi connectivity index (χ1v) is 5.72. The summed E-state index contributed by atoms with van der Waals surface area (Å²) in [5.41, 5.74) is 0.234. The van der Waals surface area contributed by atoms with Crippen LogP contribution in [0.5, 0.6) is 0 Å². The minimum Gasteiger partial charge on any atom is -0.431 e. The van der Waals surface area contributed by atoms with Crippen molar-refractivity contribution < 1.29 is 32.2 Å². The predicted molar refractivity (Wildman–Crippen MR) is 63.1 cm³/mol. The number of hydrogen-bond donors (Lipinski definition) is 0. The summed E-state index contributed by atoms with van der Waals surface area (Å²) in [4.78, 5) is 22.2. The fourth-order valence-corrected chi connectivity index (χ4v) is 1.32. The number of halogens is 3. The molecule has 0 aliphatic heterocycles. The van der Waals surface area contributed by atoms with Crippen LogP contribution in [-0.4, -0.2) is 18.1 Å². The molecule has 0 unspecified atom stereocenters. The number of carbonyl (C=O) groups is 2. The molecule has 110 valence electrons. The molecule has 0 aromatic carbocycles. The Kier molecular flexibility index (Phi) is 5.12. The third-order valence-corrected chi connectivity index (χ3v) is 2.23. The standard InChI is InChI=1S/C13H13F3O4/c1-8(2)12(18)20-10-5-3-9(4-6-10)19-11(17)7-13(14,15)16/h3,5H,1,4,6-7H2,2H3. The number of rotatable bonds is 4. The van der Waals surface area contributed by atoms with E-state index in [0.29, 0.717) is 5.76 Å². The van der Waals surface area contributed by atoms with Gasteiger partial charge in [0, 0.05) is 18.4 Å². The van der Waals surface area contributed by atoms with Crippen molar-refractivity contribution in [3.8, 4) is 0 Å². The summed E-state index contributed by atoms with van der Waals surface area (Å²) < 4.78 is 45.3. The molecule has 0 fully saturated rings. The summed E-state index contributed by atoms with van der Waals surface area (Å²) in [6.07, 6.45) is -3.11. The van der Waals surface area contributed by atoms with Gasteiger partial charge in [-0.05, 0) is 19.1 Å². The van der Waals surface area contributed by atoms with Crippen molar-refractivity contribution in [1.82, 2.24) is 0 Å². The van der Waals surface area contributed by atoms with Crippen LogP contribution in [0.3, 0.4) is 0 Å². The highest BCUT2D eigenvalue weighted by Gasteiger charge is 2.32. The number of ether oxygens (including phenoxy) is 2. The molecule has 0 spiro atoms. The van der Waals surface area contributed by atoms with E-state index in [4.69, 9.17) is 4.74 Å². The van der Waals surface area contributed by atoms with Gasteiger partial charge in [-0.3, -0.25) is 4.79 Å². The van der Waals surface area contributed by atoms with Crippen molar-refractivity contribution in [3.63, 3.8) is 0 Å². The van der Waals surface area contributed by atoms with E-state index in [2.05, 4.69) is 11.3 Å². The number of esters is 2. The lowest BCUT2D eigenvalue weighted by atomic mass is 10.1. The first-order valence-electron chi connectivity index (χ1n) is 5.72. The molecular weight excluding hydrogens is 277 g/mol. The van der Waals surface area contributed by atoms with Crippen LogP contribution >= 0.6 is 0 Å². The lowest BCUT2D eigenvalue weighted by Crippen LogP contribution is -2.17. The molecule has 0 aromatic heterocycles. The van der Waals surface area contributed by atoms with Crippen molar-refractivity contribution in [3.05, 3.63) is 35.8 Å². The second kappa shape index (κ2) is 6.40. The Labute approximate surface area is 113 Å². The Bertz CT molecular complexity index is 486. The van der Waals surface area contributed by atoms with Crippen LogP contribution in [0, 0.1) is 0 Å². The van der Waals surface area contributed by atoms with Crippen LogP contribution < -0.4 is 0 Å². The summed E-state index contributed by atoms with van der Waals surface area (Å²) in [5, 5.41) is 0. The highest BCUT2D eigenvalue weighted by Crippen LogP contribution is 2.24. The maximum Gasteiger partial charge on any atom is 0.399 e. The molecule has 1 rings (SSSR count). The van der Waals surface area contributed by atoms with E-state index in [1.807, 2.05) is 0 Å². The maximum absolute atomic E-state index is 11.9. The Hall–Kier alpha value is -2.05. The Morgan fingerprint density at radius 1 is 1.20 bits per heavy atom. The zero-order valence-electron chi connectivity index (χ0n) is 10.8. The van der Waals surface area contributed by atoms with Crippen LogP contribution in [0.1, 0.15) is 26.2 Å². The smallest absolute Gasteiger partial charge is 0.399 e. The van der Waals surface area contributed by atoms with E-state index >= 15 is 0 Å². The minimum absolute atomic E-state index is 0.106. The molecule has 0 amide bonds. The van der Waals surface area contributed by atoms with E-state index in [1.54, 1.807) is 0 Å². The lowest BCUT2D eigenvalue weighted by Gasteiger charge is -2.15. The number of allylic oxidation sites excluding steroid dienone is 4. The van der Waals surface area contributed by atoms with Crippen molar-refractivity contribution in [2.45, 2.75) is 32.4 Å². The van der Waals surface area contributed by atoms with Gasteiger partial charge < -0.3 is 9.47 Å². The van der Waals surface area contributed by atoms with Crippen LogP contribution in [-0.2, 0) is 19.1 Å². The zero-order chi connectivity index (χ0) is 15.3. The van der Waals surface area contributed by atoms with E-state index in [-0.39, 0.29) is 24.2 Å². The molecule has 0 atom stereocenters. The van der Waals surface area contributed by atoms with Gasteiger partial charge in [0.05, 0.1) is 0 Å². The summed E-state index contributed by atoms with van der Waals surface area (Å²) in [5.74, 6) is -1.50. The van der Waals surface area contributed by atoms with Crippen molar-refractivity contribution in [2.24, 2.45) is 0 Å². The lowest BCUT2D eigenvalue weighted by molar-refractivity contribution is -0.168. The van der Waals surface area contributed by atoms with Gasteiger partial charge in [-0.1, -0.05) is 6.58 Å². The minimum atomic E-state index is -4.59. The molecule has 0 radical (unpaired) electrons. The zero-order valence-corrected chi connectivity index (χ0v) is 10.8. The van der Waals surface area contributed by atoms with Crippen LogP contribution in [0.2, 0.25) is 0 Å².